The highest BCUT2D eigenvalue weighted by atomic mass is 35.5. The topological polar surface area (TPSA) is 60.2 Å². The Bertz CT molecular complexity index is 927. The summed E-state index contributed by atoms with van der Waals surface area (Å²) >= 11 is 6.05. The van der Waals surface area contributed by atoms with Gasteiger partial charge in [0.1, 0.15) is 12.9 Å². The van der Waals surface area contributed by atoms with Gasteiger partial charge in [0.25, 0.3) is 5.91 Å². The van der Waals surface area contributed by atoms with Crippen molar-refractivity contribution in [2.24, 2.45) is 0 Å². The van der Waals surface area contributed by atoms with Crippen molar-refractivity contribution < 1.29 is 9.53 Å². The van der Waals surface area contributed by atoms with E-state index in [9.17, 15) is 4.79 Å². The van der Waals surface area contributed by atoms with E-state index in [0.717, 1.165) is 11.1 Å². The minimum absolute atomic E-state index is 0.0121. The molecule has 1 aliphatic heterocycles. The van der Waals surface area contributed by atoms with Crippen LogP contribution in [0.25, 0.3) is 0 Å². The van der Waals surface area contributed by atoms with Crippen LogP contribution in [0.1, 0.15) is 29.6 Å². The van der Waals surface area contributed by atoms with Gasteiger partial charge in [-0.15, -0.1) is 0 Å². The van der Waals surface area contributed by atoms with Gasteiger partial charge in [-0.1, -0.05) is 54.1 Å². The van der Waals surface area contributed by atoms with Gasteiger partial charge >= 0.3 is 0 Å². The molecule has 1 aromatic heterocycles. The third kappa shape index (κ3) is 3.34. The van der Waals surface area contributed by atoms with Crippen molar-refractivity contribution in [1.82, 2.24) is 14.8 Å². The molecule has 27 heavy (non-hydrogen) atoms. The number of hydrogen-bond acceptors (Lipinski definition) is 4. The highest BCUT2D eigenvalue weighted by molar-refractivity contribution is 6.30. The Kier molecular flexibility index (Phi) is 4.92. The zero-order valence-electron chi connectivity index (χ0n) is 14.8. The standard InChI is InChI=1S/C20H19ClN4O2/c1-27-12-19(26)24-17(14-5-3-2-4-6-14)11-18(25-20(24)22-13-23-25)15-7-9-16(21)10-8-15/h2-10,13,17-18H,11-12H2,1H3/t17-,18-/m1/s1. The van der Waals surface area contributed by atoms with E-state index in [0.29, 0.717) is 17.4 Å². The molecule has 0 aliphatic carbocycles. The molecule has 2 heterocycles. The van der Waals surface area contributed by atoms with Gasteiger partial charge in [-0.2, -0.15) is 10.1 Å². The SMILES string of the molecule is COCC(=O)N1c2ncnn2[C@@H](c2ccc(Cl)cc2)C[C@@H]1c1ccccc1. The quantitative estimate of drug-likeness (QED) is 0.691. The molecule has 0 spiro atoms. The van der Waals surface area contributed by atoms with E-state index in [1.807, 2.05) is 54.6 Å². The van der Waals surface area contributed by atoms with Crippen LogP contribution in [-0.2, 0) is 9.53 Å². The molecule has 4 rings (SSSR count). The number of nitrogens with zero attached hydrogens (tertiary/aromatic N) is 4. The largest absolute Gasteiger partial charge is 0.375 e. The van der Waals surface area contributed by atoms with Gasteiger partial charge in [0, 0.05) is 12.1 Å². The Balaban J connectivity index is 1.82. The fourth-order valence-corrected chi connectivity index (χ4v) is 3.72. The molecule has 0 fully saturated rings. The minimum Gasteiger partial charge on any atom is -0.375 e. The number of anilines is 1. The summed E-state index contributed by atoms with van der Waals surface area (Å²) in [5, 5.41) is 5.08. The first kappa shape index (κ1) is 17.7. The highest BCUT2D eigenvalue weighted by Gasteiger charge is 2.39. The van der Waals surface area contributed by atoms with Gasteiger partial charge in [0.15, 0.2) is 0 Å². The predicted molar refractivity (Wildman–Crippen MR) is 103 cm³/mol. The second-order valence-corrected chi connectivity index (χ2v) is 6.87. The average molecular weight is 383 g/mol. The average Bonchev–Trinajstić information content (AvgIpc) is 3.18. The van der Waals surface area contributed by atoms with E-state index < -0.39 is 0 Å². The van der Waals surface area contributed by atoms with Crippen molar-refractivity contribution in [3.05, 3.63) is 77.1 Å². The van der Waals surface area contributed by atoms with Crippen LogP contribution in [0.15, 0.2) is 60.9 Å². The summed E-state index contributed by atoms with van der Waals surface area (Å²) in [5.74, 6) is 0.382. The van der Waals surface area contributed by atoms with E-state index in [1.165, 1.54) is 13.4 Å². The molecule has 0 N–H and O–H groups in total. The van der Waals surface area contributed by atoms with Crippen LogP contribution in [0.5, 0.6) is 0 Å². The third-order valence-electron chi connectivity index (χ3n) is 4.80. The lowest BCUT2D eigenvalue weighted by atomic mass is 9.92. The maximum atomic E-state index is 12.8. The third-order valence-corrected chi connectivity index (χ3v) is 5.05. The number of fused-ring (bicyclic) bond motifs is 1. The van der Waals surface area contributed by atoms with E-state index >= 15 is 0 Å². The predicted octanol–water partition coefficient (Wildman–Crippen LogP) is 3.65. The Morgan fingerprint density at radius 1 is 1.11 bits per heavy atom. The number of hydrogen-bond donors (Lipinski definition) is 0. The molecule has 0 saturated heterocycles. The number of rotatable bonds is 4. The smallest absolute Gasteiger partial charge is 0.255 e. The molecule has 0 saturated carbocycles. The van der Waals surface area contributed by atoms with Crippen LogP contribution in [0.3, 0.4) is 0 Å². The zero-order valence-corrected chi connectivity index (χ0v) is 15.6. The summed E-state index contributed by atoms with van der Waals surface area (Å²) in [6.07, 6.45) is 2.16. The van der Waals surface area contributed by atoms with Gasteiger partial charge in [-0.25, -0.2) is 4.68 Å². The second-order valence-electron chi connectivity index (χ2n) is 6.43. The van der Waals surface area contributed by atoms with Crippen molar-refractivity contribution in [3.63, 3.8) is 0 Å². The summed E-state index contributed by atoms with van der Waals surface area (Å²) < 4.78 is 6.90. The number of methoxy groups -OCH3 is 1. The van der Waals surface area contributed by atoms with Crippen molar-refractivity contribution in [2.45, 2.75) is 18.5 Å². The van der Waals surface area contributed by atoms with Crippen molar-refractivity contribution >= 4 is 23.5 Å². The monoisotopic (exact) mass is 382 g/mol. The number of halogens is 1. The molecule has 0 unspecified atom stereocenters. The molecular formula is C20H19ClN4O2. The van der Waals surface area contributed by atoms with Crippen LogP contribution in [-0.4, -0.2) is 34.4 Å². The van der Waals surface area contributed by atoms with Crippen LogP contribution in [0.4, 0.5) is 5.95 Å². The summed E-state index contributed by atoms with van der Waals surface area (Å²) in [6.45, 7) is -0.0121. The fourth-order valence-electron chi connectivity index (χ4n) is 3.59. The Hall–Kier alpha value is -2.70. The molecule has 2 atom stereocenters. The zero-order chi connectivity index (χ0) is 18.8. The lowest BCUT2D eigenvalue weighted by Crippen LogP contribution is -2.44. The molecule has 7 heteroatoms. The van der Waals surface area contributed by atoms with E-state index in [2.05, 4.69) is 10.1 Å². The van der Waals surface area contributed by atoms with Gasteiger partial charge in [-0.3, -0.25) is 9.69 Å². The van der Waals surface area contributed by atoms with Crippen LogP contribution in [0, 0.1) is 0 Å². The van der Waals surface area contributed by atoms with E-state index in [1.54, 1.807) is 9.58 Å². The second kappa shape index (κ2) is 7.50. The molecule has 0 bridgehead atoms. The summed E-state index contributed by atoms with van der Waals surface area (Å²) in [5.41, 5.74) is 2.13. The van der Waals surface area contributed by atoms with Gasteiger partial charge in [0.05, 0.1) is 12.1 Å². The maximum Gasteiger partial charge on any atom is 0.255 e. The normalized spacial score (nSPS) is 19.0. The molecule has 1 aliphatic rings. The first-order valence-electron chi connectivity index (χ1n) is 8.70. The van der Waals surface area contributed by atoms with Gasteiger partial charge in [-0.05, 0) is 29.7 Å². The van der Waals surface area contributed by atoms with Crippen LogP contribution < -0.4 is 4.90 Å². The van der Waals surface area contributed by atoms with Crippen LogP contribution >= 0.6 is 11.6 Å². The molecule has 1 amide bonds. The number of amides is 1. The summed E-state index contributed by atoms with van der Waals surface area (Å²) in [7, 11) is 1.51. The first-order chi connectivity index (χ1) is 13.2. The number of ether oxygens (including phenoxy) is 1. The van der Waals surface area contributed by atoms with Crippen LogP contribution in [0.2, 0.25) is 5.02 Å². The first-order valence-corrected chi connectivity index (χ1v) is 9.07. The lowest BCUT2D eigenvalue weighted by molar-refractivity contribution is -0.123. The number of aromatic nitrogens is 3. The van der Waals surface area contributed by atoms with E-state index in [-0.39, 0.29) is 24.6 Å². The summed E-state index contributed by atoms with van der Waals surface area (Å²) in [6, 6.07) is 17.5. The Labute approximate surface area is 162 Å². The number of benzene rings is 2. The molecule has 138 valence electrons. The number of carbonyl (C=O) groups excluding carboxylic acids is 1. The van der Waals surface area contributed by atoms with E-state index in [4.69, 9.17) is 16.3 Å². The highest BCUT2D eigenvalue weighted by Crippen LogP contribution is 2.41. The fraction of sp³-hybridized carbons (Fsp3) is 0.250. The lowest BCUT2D eigenvalue weighted by Gasteiger charge is -2.39. The molecular weight excluding hydrogens is 364 g/mol. The molecule has 6 nitrogen and oxygen atoms in total. The minimum atomic E-state index is -0.161. The van der Waals surface area contributed by atoms with Gasteiger partial charge < -0.3 is 4.74 Å². The Morgan fingerprint density at radius 3 is 2.52 bits per heavy atom. The number of carbonyl (C=O) groups is 1. The molecule has 3 aromatic rings. The maximum absolute atomic E-state index is 12.8. The van der Waals surface area contributed by atoms with Crippen molar-refractivity contribution in [2.75, 3.05) is 18.6 Å². The molecule has 2 aromatic carbocycles. The Morgan fingerprint density at radius 2 is 1.81 bits per heavy atom. The van der Waals surface area contributed by atoms with Crippen molar-refractivity contribution in [1.29, 1.82) is 0 Å². The van der Waals surface area contributed by atoms with Gasteiger partial charge in [0.2, 0.25) is 5.95 Å². The molecule has 0 radical (unpaired) electrons. The van der Waals surface area contributed by atoms with Crippen molar-refractivity contribution in [3.8, 4) is 0 Å². The summed E-state index contributed by atoms with van der Waals surface area (Å²) in [4.78, 5) is 18.9.